The SMILES string of the molecule is C[C@@H]1C[C@H]1C(=O)N1C[C@H]2[C@@H](CCOCc3ccncc3)CO[C@H]2C1. The number of ether oxygens (including phenoxy) is 2. The topological polar surface area (TPSA) is 51.7 Å². The highest BCUT2D eigenvalue weighted by Gasteiger charge is 2.49. The molecule has 2 saturated heterocycles. The zero-order valence-electron chi connectivity index (χ0n) is 14.3. The monoisotopic (exact) mass is 330 g/mol. The number of hydrogen-bond donors (Lipinski definition) is 0. The van der Waals surface area contributed by atoms with Gasteiger partial charge in [0.1, 0.15) is 0 Å². The lowest BCUT2D eigenvalue weighted by Crippen LogP contribution is -2.32. The normalized spacial score (nSPS) is 34.4. The Labute approximate surface area is 143 Å². The molecule has 0 radical (unpaired) electrons. The van der Waals surface area contributed by atoms with E-state index < -0.39 is 0 Å². The molecule has 5 nitrogen and oxygen atoms in total. The van der Waals surface area contributed by atoms with Gasteiger partial charge in [0, 0.05) is 43.9 Å². The Bertz CT molecular complexity index is 579. The van der Waals surface area contributed by atoms with Crippen LogP contribution in [0.15, 0.2) is 24.5 Å². The zero-order valence-corrected chi connectivity index (χ0v) is 14.3. The van der Waals surface area contributed by atoms with Crippen molar-refractivity contribution in [2.24, 2.45) is 23.7 Å². The molecule has 1 amide bonds. The fourth-order valence-electron chi connectivity index (χ4n) is 4.08. The minimum Gasteiger partial charge on any atom is -0.377 e. The summed E-state index contributed by atoms with van der Waals surface area (Å²) in [5.41, 5.74) is 1.15. The summed E-state index contributed by atoms with van der Waals surface area (Å²) in [6.07, 6.45) is 5.90. The zero-order chi connectivity index (χ0) is 16.5. The van der Waals surface area contributed by atoms with E-state index in [4.69, 9.17) is 9.47 Å². The van der Waals surface area contributed by atoms with E-state index in [9.17, 15) is 4.79 Å². The van der Waals surface area contributed by atoms with Crippen LogP contribution in [0.4, 0.5) is 0 Å². The molecule has 0 unspecified atom stereocenters. The van der Waals surface area contributed by atoms with E-state index in [1.54, 1.807) is 12.4 Å². The van der Waals surface area contributed by atoms with E-state index >= 15 is 0 Å². The van der Waals surface area contributed by atoms with Crippen molar-refractivity contribution in [3.8, 4) is 0 Å². The van der Waals surface area contributed by atoms with Crippen LogP contribution < -0.4 is 0 Å². The minimum absolute atomic E-state index is 0.244. The first-order valence-corrected chi connectivity index (χ1v) is 9.09. The molecule has 130 valence electrons. The van der Waals surface area contributed by atoms with E-state index in [2.05, 4.69) is 11.9 Å². The Morgan fingerprint density at radius 3 is 2.92 bits per heavy atom. The molecular weight excluding hydrogens is 304 g/mol. The molecule has 5 heteroatoms. The van der Waals surface area contributed by atoms with Crippen LogP contribution in [0.2, 0.25) is 0 Å². The molecule has 1 aromatic rings. The van der Waals surface area contributed by atoms with Gasteiger partial charge in [0.05, 0.1) is 19.3 Å². The van der Waals surface area contributed by atoms with Gasteiger partial charge in [-0.25, -0.2) is 0 Å². The smallest absolute Gasteiger partial charge is 0.226 e. The second kappa shape index (κ2) is 6.81. The molecule has 1 aromatic heterocycles. The summed E-state index contributed by atoms with van der Waals surface area (Å²) in [6, 6.07) is 3.96. The summed E-state index contributed by atoms with van der Waals surface area (Å²) in [4.78, 5) is 18.5. The third-order valence-corrected chi connectivity index (χ3v) is 5.83. The second-order valence-corrected chi connectivity index (χ2v) is 7.56. The quantitative estimate of drug-likeness (QED) is 0.750. The lowest BCUT2D eigenvalue weighted by atomic mass is 9.91. The summed E-state index contributed by atoms with van der Waals surface area (Å²) >= 11 is 0. The molecule has 2 aliphatic heterocycles. The van der Waals surface area contributed by atoms with Gasteiger partial charge in [-0.15, -0.1) is 0 Å². The van der Waals surface area contributed by atoms with Gasteiger partial charge >= 0.3 is 0 Å². The van der Waals surface area contributed by atoms with Crippen molar-refractivity contribution in [1.82, 2.24) is 9.88 Å². The summed E-state index contributed by atoms with van der Waals surface area (Å²) in [7, 11) is 0. The predicted molar refractivity (Wildman–Crippen MR) is 89.1 cm³/mol. The Kier molecular flexibility index (Phi) is 4.55. The number of rotatable bonds is 6. The molecule has 0 bridgehead atoms. The Balaban J connectivity index is 1.22. The summed E-state index contributed by atoms with van der Waals surface area (Å²) in [6.45, 7) is 6.03. The van der Waals surface area contributed by atoms with Gasteiger partial charge in [-0.1, -0.05) is 6.92 Å². The van der Waals surface area contributed by atoms with Crippen LogP contribution in [-0.2, 0) is 20.9 Å². The van der Waals surface area contributed by atoms with E-state index in [1.165, 1.54) is 0 Å². The molecule has 4 rings (SSSR count). The van der Waals surface area contributed by atoms with Gasteiger partial charge in [-0.3, -0.25) is 9.78 Å². The fraction of sp³-hybridized carbons (Fsp3) is 0.684. The maximum atomic E-state index is 12.4. The Morgan fingerprint density at radius 1 is 1.38 bits per heavy atom. The Morgan fingerprint density at radius 2 is 2.17 bits per heavy atom. The van der Waals surface area contributed by atoms with Crippen LogP contribution in [-0.4, -0.2) is 48.2 Å². The highest BCUT2D eigenvalue weighted by atomic mass is 16.5. The number of aromatic nitrogens is 1. The van der Waals surface area contributed by atoms with Crippen molar-refractivity contribution in [3.05, 3.63) is 30.1 Å². The fourth-order valence-corrected chi connectivity index (χ4v) is 4.08. The molecular formula is C19H26N2O3. The number of fused-ring (bicyclic) bond motifs is 1. The van der Waals surface area contributed by atoms with Gasteiger partial charge in [-0.2, -0.15) is 0 Å². The number of carbonyl (C=O) groups excluding carboxylic acids is 1. The van der Waals surface area contributed by atoms with Crippen LogP contribution in [0.1, 0.15) is 25.3 Å². The minimum atomic E-state index is 0.244. The van der Waals surface area contributed by atoms with E-state index in [0.29, 0.717) is 30.3 Å². The second-order valence-electron chi connectivity index (χ2n) is 7.56. The molecule has 1 aliphatic carbocycles. The first-order chi connectivity index (χ1) is 11.7. The number of amides is 1. The van der Waals surface area contributed by atoms with Crippen molar-refractivity contribution in [1.29, 1.82) is 0 Å². The van der Waals surface area contributed by atoms with Crippen molar-refractivity contribution in [2.45, 2.75) is 32.5 Å². The van der Waals surface area contributed by atoms with E-state index in [0.717, 1.165) is 44.7 Å². The predicted octanol–water partition coefficient (Wildman–Crippen LogP) is 2.12. The van der Waals surface area contributed by atoms with Crippen LogP contribution >= 0.6 is 0 Å². The van der Waals surface area contributed by atoms with Crippen LogP contribution in [0.3, 0.4) is 0 Å². The van der Waals surface area contributed by atoms with Gasteiger partial charge in [-0.05, 0) is 42.4 Å². The maximum Gasteiger partial charge on any atom is 0.226 e. The van der Waals surface area contributed by atoms with Crippen LogP contribution in [0.5, 0.6) is 0 Å². The molecule has 3 fully saturated rings. The number of likely N-dealkylation sites (tertiary alicyclic amines) is 1. The third-order valence-electron chi connectivity index (χ3n) is 5.83. The number of pyridine rings is 1. The molecule has 3 heterocycles. The molecule has 3 aliphatic rings. The average molecular weight is 330 g/mol. The number of carbonyl (C=O) groups is 1. The molecule has 0 spiro atoms. The third kappa shape index (κ3) is 3.33. The van der Waals surface area contributed by atoms with Crippen LogP contribution in [0, 0.1) is 23.7 Å². The van der Waals surface area contributed by atoms with Crippen molar-refractivity contribution < 1.29 is 14.3 Å². The van der Waals surface area contributed by atoms with Gasteiger partial charge in [0.2, 0.25) is 5.91 Å². The molecule has 5 atom stereocenters. The van der Waals surface area contributed by atoms with Crippen molar-refractivity contribution in [3.63, 3.8) is 0 Å². The molecule has 24 heavy (non-hydrogen) atoms. The maximum absolute atomic E-state index is 12.4. The highest BCUT2D eigenvalue weighted by Crippen LogP contribution is 2.42. The lowest BCUT2D eigenvalue weighted by molar-refractivity contribution is -0.132. The Hall–Kier alpha value is -1.46. The lowest BCUT2D eigenvalue weighted by Gasteiger charge is -2.20. The molecule has 0 aromatic carbocycles. The standard InChI is InChI=1S/C19H26N2O3/c1-13-8-16(13)19(22)21-9-17-15(12-24-18(17)10-21)4-7-23-11-14-2-5-20-6-3-14/h2-3,5-6,13,15-18H,4,7-12H2,1H3/t13-,15+,16-,17+,18+/m1/s1. The average Bonchev–Trinajstić information content (AvgIpc) is 3.02. The number of hydrogen-bond acceptors (Lipinski definition) is 4. The van der Waals surface area contributed by atoms with Crippen LogP contribution in [0.25, 0.3) is 0 Å². The van der Waals surface area contributed by atoms with E-state index in [-0.39, 0.29) is 12.0 Å². The van der Waals surface area contributed by atoms with E-state index in [1.807, 2.05) is 17.0 Å². The van der Waals surface area contributed by atoms with Gasteiger partial charge in [0.25, 0.3) is 0 Å². The highest BCUT2D eigenvalue weighted by molar-refractivity contribution is 5.82. The van der Waals surface area contributed by atoms with Gasteiger partial charge in [0.15, 0.2) is 0 Å². The largest absolute Gasteiger partial charge is 0.377 e. The summed E-state index contributed by atoms with van der Waals surface area (Å²) in [5, 5.41) is 0. The summed E-state index contributed by atoms with van der Waals surface area (Å²) in [5.74, 6) is 2.23. The molecule has 1 saturated carbocycles. The first kappa shape index (κ1) is 16.0. The first-order valence-electron chi connectivity index (χ1n) is 9.09. The van der Waals surface area contributed by atoms with Crippen molar-refractivity contribution in [2.75, 3.05) is 26.3 Å². The van der Waals surface area contributed by atoms with Gasteiger partial charge < -0.3 is 14.4 Å². The number of nitrogens with zero attached hydrogens (tertiary/aromatic N) is 2. The summed E-state index contributed by atoms with van der Waals surface area (Å²) < 4.78 is 11.8. The molecule has 0 N–H and O–H groups in total. The van der Waals surface area contributed by atoms with Crippen molar-refractivity contribution >= 4 is 5.91 Å².